The fraction of sp³-hybridized carbons (Fsp3) is 0.750. The molecular weight excluding hydrogens is 266 g/mol. The molecule has 1 fully saturated rings. The number of rotatable bonds is 6. The molecule has 0 aromatic carbocycles. The van der Waals surface area contributed by atoms with Crippen LogP contribution in [0.2, 0.25) is 0 Å². The van der Waals surface area contributed by atoms with Crippen molar-refractivity contribution in [2.75, 3.05) is 18.5 Å². The van der Waals surface area contributed by atoms with E-state index in [-0.39, 0.29) is 5.60 Å². The maximum absolute atomic E-state index is 6.02. The number of ether oxygens (including phenoxy) is 2. The third kappa shape index (κ3) is 4.06. The van der Waals surface area contributed by atoms with E-state index in [1.165, 1.54) is 0 Å². The molecule has 5 heteroatoms. The van der Waals surface area contributed by atoms with Crippen molar-refractivity contribution < 1.29 is 9.47 Å². The smallest absolute Gasteiger partial charge is 0.218 e. The Bertz CT molecular complexity index is 461. The molecule has 5 nitrogen and oxygen atoms in total. The average molecular weight is 293 g/mol. The number of nitrogens with zero attached hydrogens (tertiary/aromatic N) is 2. The minimum atomic E-state index is 0.0146. The Morgan fingerprint density at radius 2 is 2.10 bits per heavy atom. The third-order valence-corrected chi connectivity index (χ3v) is 4.24. The second-order valence-corrected chi connectivity index (χ2v) is 5.64. The van der Waals surface area contributed by atoms with Gasteiger partial charge in [-0.05, 0) is 39.5 Å². The number of aryl methyl sites for hydroxylation is 1. The fourth-order valence-electron chi connectivity index (χ4n) is 2.94. The predicted molar refractivity (Wildman–Crippen MR) is 83.8 cm³/mol. The first-order valence-corrected chi connectivity index (χ1v) is 7.99. The van der Waals surface area contributed by atoms with Gasteiger partial charge in [-0.2, -0.15) is 4.98 Å². The van der Waals surface area contributed by atoms with Gasteiger partial charge in [0.05, 0.1) is 12.2 Å². The van der Waals surface area contributed by atoms with E-state index in [2.05, 4.69) is 29.1 Å². The summed E-state index contributed by atoms with van der Waals surface area (Å²) in [7, 11) is 0. The number of aromatic nitrogens is 2. The van der Waals surface area contributed by atoms with Crippen LogP contribution in [-0.2, 0) is 4.74 Å². The van der Waals surface area contributed by atoms with Gasteiger partial charge in [-0.15, -0.1) is 0 Å². The first-order chi connectivity index (χ1) is 10.1. The minimum absolute atomic E-state index is 0.0146. The summed E-state index contributed by atoms with van der Waals surface area (Å²) in [6, 6.07) is 2.27. The molecule has 0 spiro atoms. The molecule has 1 aromatic heterocycles. The van der Waals surface area contributed by atoms with Crippen molar-refractivity contribution in [1.82, 2.24) is 9.97 Å². The van der Waals surface area contributed by atoms with Gasteiger partial charge in [0.2, 0.25) is 5.88 Å². The maximum Gasteiger partial charge on any atom is 0.218 e. The van der Waals surface area contributed by atoms with E-state index in [0.717, 1.165) is 43.9 Å². The molecule has 0 amide bonds. The lowest BCUT2D eigenvalue weighted by Crippen LogP contribution is -2.43. The molecule has 1 atom stereocenters. The van der Waals surface area contributed by atoms with Crippen molar-refractivity contribution in [3.8, 4) is 5.88 Å². The molecule has 2 rings (SSSR count). The number of hydrogen-bond acceptors (Lipinski definition) is 5. The summed E-state index contributed by atoms with van der Waals surface area (Å²) < 4.78 is 11.5. The highest BCUT2D eigenvalue weighted by Crippen LogP contribution is 2.32. The maximum atomic E-state index is 6.02. The van der Waals surface area contributed by atoms with Gasteiger partial charge in [0, 0.05) is 18.7 Å². The molecule has 118 valence electrons. The molecule has 0 aliphatic carbocycles. The predicted octanol–water partition coefficient (Wildman–Crippen LogP) is 3.33. The molecule has 1 aliphatic heterocycles. The highest BCUT2D eigenvalue weighted by atomic mass is 16.5. The van der Waals surface area contributed by atoms with Crippen LogP contribution in [0.15, 0.2) is 6.07 Å². The van der Waals surface area contributed by atoms with Gasteiger partial charge in [-0.25, -0.2) is 4.98 Å². The van der Waals surface area contributed by atoms with E-state index >= 15 is 0 Å². The zero-order valence-electron chi connectivity index (χ0n) is 13.6. The van der Waals surface area contributed by atoms with Crippen LogP contribution in [0.3, 0.4) is 0 Å². The lowest BCUT2D eigenvalue weighted by Gasteiger charge is -2.40. The number of anilines is 1. The zero-order valence-corrected chi connectivity index (χ0v) is 13.6. The van der Waals surface area contributed by atoms with E-state index in [4.69, 9.17) is 9.47 Å². The summed E-state index contributed by atoms with van der Waals surface area (Å²) in [4.78, 5) is 8.75. The lowest BCUT2D eigenvalue weighted by atomic mass is 9.86. The summed E-state index contributed by atoms with van der Waals surface area (Å²) >= 11 is 0. The quantitative estimate of drug-likeness (QED) is 0.872. The van der Waals surface area contributed by atoms with Crippen LogP contribution in [0.4, 0.5) is 5.82 Å². The van der Waals surface area contributed by atoms with E-state index in [1.807, 2.05) is 19.9 Å². The molecular formula is C16H27N3O2. The largest absolute Gasteiger partial charge is 0.478 e. The van der Waals surface area contributed by atoms with Crippen molar-refractivity contribution in [3.05, 3.63) is 11.9 Å². The summed E-state index contributed by atoms with van der Waals surface area (Å²) in [5.41, 5.74) is 0.0146. The topological polar surface area (TPSA) is 56.3 Å². The highest BCUT2D eigenvalue weighted by molar-refractivity contribution is 5.39. The Kier molecular flexibility index (Phi) is 5.39. The number of nitrogens with one attached hydrogen (secondary N) is 1. The Balaban J connectivity index is 2.07. The summed E-state index contributed by atoms with van der Waals surface area (Å²) in [5, 5.41) is 3.53. The Hall–Kier alpha value is -1.36. The van der Waals surface area contributed by atoms with Crippen LogP contribution < -0.4 is 10.1 Å². The van der Waals surface area contributed by atoms with Gasteiger partial charge in [0.15, 0.2) is 0 Å². The molecule has 2 heterocycles. The molecule has 0 bridgehead atoms. The van der Waals surface area contributed by atoms with Gasteiger partial charge in [-0.3, -0.25) is 0 Å². The van der Waals surface area contributed by atoms with Gasteiger partial charge < -0.3 is 14.8 Å². The Labute approximate surface area is 127 Å². The van der Waals surface area contributed by atoms with Crippen LogP contribution in [-0.4, -0.2) is 34.8 Å². The fourth-order valence-corrected chi connectivity index (χ4v) is 2.94. The van der Waals surface area contributed by atoms with Crippen molar-refractivity contribution in [1.29, 1.82) is 0 Å². The lowest BCUT2D eigenvalue weighted by molar-refractivity contribution is -0.0864. The highest BCUT2D eigenvalue weighted by Gasteiger charge is 2.34. The van der Waals surface area contributed by atoms with Crippen LogP contribution >= 0.6 is 0 Å². The van der Waals surface area contributed by atoms with E-state index in [9.17, 15) is 0 Å². The first-order valence-electron chi connectivity index (χ1n) is 7.99. The SMILES string of the molecule is CCOc1cc(NC2CCOC(CC)(CC)C2)nc(C)n1. The average Bonchev–Trinajstić information content (AvgIpc) is 2.47. The van der Waals surface area contributed by atoms with Gasteiger partial charge >= 0.3 is 0 Å². The first kappa shape index (κ1) is 16.0. The minimum Gasteiger partial charge on any atom is -0.478 e. The van der Waals surface area contributed by atoms with Gasteiger partial charge in [-0.1, -0.05) is 13.8 Å². The molecule has 1 aromatic rings. The van der Waals surface area contributed by atoms with Crippen LogP contribution in [0, 0.1) is 6.92 Å². The second kappa shape index (κ2) is 7.07. The monoisotopic (exact) mass is 293 g/mol. The van der Waals surface area contributed by atoms with Crippen LogP contribution in [0.5, 0.6) is 5.88 Å². The number of hydrogen-bond donors (Lipinski definition) is 1. The molecule has 0 saturated carbocycles. The standard InChI is InChI=1S/C16H27N3O2/c1-5-16(6-2)11-13(8-9-21-16)19-14-10-15(20-7-3)18-12(4)17-14/h10,13H,5-9,11H2,1-4H3,(H,17,18,19). The van der Waals surface area contributed by atoms with E-state index < -0.39 is 0 Å². The van der Waals surface area contributed by atoms with Crippen molar-refractivity contribution in [3.63, 3.8) is 0 Å². The Morgan fingerprint density at radius 1 is 1.33 bits per heavy atom. The normalized spacial score (nSPS) is 21.0. The van der Waals surface area contributed by atoms with Crippen molar-refractivity contribution in [2.45, 2.75) is 65.0 Å². The van der Waals surface area contributed by atoms with E-state index in [0.29, 0.717) is 18.5 Å². The van der Waals surface area contributed by atoms with Crippen LogP contribution in [0.25, 0.3) is 0 Å². The van der Waals surface area contributed by atoms with Crippen molar-refractivity contribution in [2.24, 2.45) is 0 Å². The summed E-state index contributed by atoms with van der Waals surface area (Å²) in [6.07, 6.45) is 4.13. The second-order valence-electron chi connectivity index (χ2n) is 5.64. The molecule has 1 saturated heterocycles. The van der Waals surface area contributed by atoms with Gasteiger partial charge in [0.25, 0.3) is 0 Å². The van der Waals surface area contributed by atoms with E-state index in [1.54, 1.807) is 0 Å². The molecule has 1 unspecified atom stereocenters. The van der Waals surface area contributed by atoms with Crippen LogP contribution in [0.1, 0.15) is 52.3 Å². The van der Waals surface area contributed by atoms with Crippen molar-refractivity contribution >= 4 is 5.82 Å². The molecule has 1 aliphatic rings. The summed E-state index contributed by atoms with van der Waals surface area (Å²) in [6.45, 7) is 9.67. The van der Waals surface area contributed by atoms with Gasteiger partial charge in [0.1, 0.15) is 11.6 Å². The third-order valence-electron chi connectivity index (χ3n) is 4.24. The zero-order chi connectivity index (χ0) is 15.3. The Morgan fingerprint density at radius 3 is 2.76 bits per heavy atom. The molecule has 0 radical (unpaired) electrons. The molecule has 21 heavy (non-hydrogen) atoms. The summed E-state index contributed by atoms with van der Waals surface area (Å²) in [5.74, 6) is 2.21. The molecule has 1 N–H and O–H groups in total.